The van der Waals surface area contributed by atoms with Crippen LogP contribution in [0.25, 0.3) is 0 Å². The molecule has 0 aliphatic heterocycles. The zero-order valence-corrected chi connectivity index (χ0v) is 11.7. The molecule has 3 heteroatoms. The fourth-order valence-electron chi connectivity index (χ4n) is 1.64. The first kappa shape index (κ1) is 13.7. The molecule has 90 valence electrons. The third kappa shape index (κ3) is 4.64. The minimum absolute atomic E-state index is 0.570. The van der Waals surface area contributed by atoms with Crippen LogP contribution in [-0.2, 0) is 6.42 Å². The van der Waals surface area contributed by atoms with Gasteiger partial charge in [0.2, 0.25) is 0 Å². The standard InChI is InChI=1S/C13H21BrN2/c1-11(7-9-15)16(2)10-8-12-3-5-13(14)6-4-12/h3-6,11H,7-10,15H2,1-2H3. The summed E-state index contributed by atoms with van der Waals surface area (Å²) in [7, 11) is 2.17. The van der Waals surface area contributed by atoms with E-state index in [9.17, 15) is 0 Å². The summed E-state index contributed by atoms with van der Waals surface area (Å²) in [5.41, 5.74) is 6.94. The fourth-order valence-corrected chi connectivity index (χ4v) is 1.90. The molecule has 0 spiro atoms. The van der Waals surface area contributed by atoms with E-state index in [0.29, 0.717) is 6.04 Å². The number of likely N-dealkylation sites (N-methyl/N-ethyl adjacent to an activating group) is 1. The first-order chi connectivity index (χ1) is 7.63. The fraction of sp³-hybridized carbons (Fsp3) is 0.538. The first-order valence-corrected chi connectivity index (χ1v) is 6.57. The van der Waals surface area contributed by atoms with Gasteiger partial charge in [-0.25, -0.2) is 0 Å². The number of nitrogens with zero attached hydrogens (tertiary/aromatic N) is 1. The maximum absolute atomic E-state index is 5.56. The Morgan fingerprint density at radius 2 is 1.94 bits per heavy atom. The second kappa shape index (κ2) is 7.05. The van der Waals surface area contributed by atoms with E-state index in [4.69, 9.17) is 5.73 Å². The van der Waals surface area contributed by atoms with E-state index >= 15 is 0 Å². The van der Waals surface area contributed by atoms with Crippen molar-refractivity contribution in [3.8, 4) is 0 Å². The van der Waals surface area contributed by atoms with E-state index in [-0.39, 0.29) is 0 Å². The molecule has 0 heterocycles. The molecule has 0 aliphatic rings. The van der Waals surface area contributed by atoms with Crippen molar-refractivity contribution in [2.75, 3.05) is 20.1 Å². The Bertz CT molecular complexity index is 297. The van der Waals surface area contributed by atoms with Gasteiger partial charge < -0.3 is 10.6 Å². The lowest BCUT2D eigenvalue weighted by atomic mass is 10.1. The van der Waals surface area contributed by atoms with Gasteiger partial charge in [-0.1, -0.05) is 28.1 Å². The van der Waals surface area contributed by atoms with Crippen LogP contribution >= 0.6 is 15.9 Å². The molecule has 1 unspecified atom stereocenters. The summed E-state index contributed by atoms with van der Waals surface area (Å²) in [5.74, 6) is 0. The lowest BCUT2D eigenvalue weighted by molar-refractivity contribution is 0.251. The summed E-state index contributed by atoms with van der Waals surface area (Å²) in [6, 6.07) is 9.11. The quantitative estimate of drug-likeness (QED) is 0.870. The van der Waals surface area contributed by atoms with Gasteiger partial charge in [-0.3, -0.25) is 0 Å². The van der Waals surface area contributed by atoms with Crippen molar-refractivity contribution < 1.29 is 0 Å². The van der Waals surface area contributed by atoms with E-state index in [1.165, 1.54) is 5.56 Å². The van der Waals surface area contributed by atoms with Crippen LogP contribution in [0.15, 0.2) is 28.7 Å². The lowest BCUT2D eigenvalue weighted by Gasteiger charge is -2.24. The Kier molecular flexibility index (Phi) is 6.03. The van der Waals surface area contributed by atoms with Crippen molar-refractivity contribution in [1.82, 2.24) is 4.90 Å². The van der Waals surface area contributed by atoms with E-state index < -0.39 is 0 Å². The average Bonchev–Trinajstić information content (AvgIpc) is 2.28. The van der Waals surface area contributed by atoms with Crippen molar-refractivity contribution in [1.29, 1.82) is 0 Å². The van der Waals surface area contributed by atoms with Gasteiger partial charge in [0, 0.05) is 17.1 Å². The van der Waals surface area contributed by atoms with Crippen LogP contribution in [0.4, 0.5) is 0 Å². The topological polar surface area (TPSA) is 29.3 Å². The monoisotopic (exact) mass is 284 g/mol. The minimum atomic E-state index is 0.570. The first-order valence-electron chi connectivity index (χ1n) is 5.78. The maximum atomic E-state index is 5.56. The van der Waals surface area contributed by atoms with Crippen molar-refractivity contribution >= 4 is 15.9 Å². The van der Waals surface area contributed by atoms with Gasteiger partial charge in [-0.2, -0.15) is 0 Å². The smallest absolute Gasteiger partial charge is 0.0175 e. The van der Waals surface area contributed by atoms with Crippen molar-refractivity contribution in [2.24, 2.45) is 5.73 Å². The Hall–Kier alpha value is -0.380. The maximum Gasteiger partial charge on any atom is 0.0175 e. The van der Waals surface area contributed by atoms with Gasteiger partial charge in [0.15, 0.2) is 0 Å². The zero-order chi connectivity index (χ0) is 12.0. The van der Waals surface area contributed by atoms with Crippen LogP contribution in [-0.4, -0.2) is 31.1 Å². The molecule has 1 rings (SSSR count). The molecule has 1 aromatic carbocycles. The van der Waals surface area contributed by atoms with Crippen molar-refractivity contribution in [2.45, 2.75) is 25.8 Å². The van der Waals surface area contributed by atoms with E-state index in [1.54, 1.807) is 0 Å². The molecular formula is C13H21BrN2. The Morgan fingerprint density at radius 1 is 1.31 bits per heavy atom. The summed E-state index contributed by atoms with van der Waals surface area (Å²) in [6.45, 7) is 4.08. The molecule has 1 atom stereocenters. The Labute approximate surface area is 107 Å². The molecule has 0 aliphatic carbocycles. The van der Waals surface area contributed by atoms with Crippen LogP contribution < -0.4 is 5.73 Å². The molecule has 0 aromatic heterocycles. The van der Waals surface area contributed by atoms with Crippen LogP contribution in [0.1, 0.15) is 18.9 Å². The number of rotatable bonds is 6. The lowest BCUT2D eigenvalue weighted by Crippen LogP contribution is -2.32. The average molecular weight is 285 g/mol. The van der Waals surface area contributed by atoms with Crippen LogP contribution in [0.5, 0.6) is 0 Å². The van der Waals surface area contributed by atoms with Gasteiger partial charge in [0.05, 0.1) is 0 Å². The predicted molar refractivity (Wildman–Crippen MR) is 73.6 cm³/mol. The normalized spacial score (nSPS) is 13.1. The van der Waals surface area contributed by atoms with Crippen LogP contribution in [0.2, 0.25) is 0 Å². The largest absolute Gasteiger partial charge is 0.330 e. The summed E-state index contributed by atoms with van der Waals surface area (Å²) in [4.78, 5) is 2.37. The molecule has 1 aromatic rings. The van der Waals surface area contributed by atoms with E-state index in [1.807, 2.05) is 0 Å². The van der Waals surface area contributed by atoms with Gasteiger partial charge in [-0.05, 0) is 51.1 Å². The molecule has 2 nitrogen and oxygen atoms in total. The number of hydrogen-bond donors (Lipinski definition) is 1. The number of halogens is 1. The van der Waals surface area contributed by atoms with Crippen LogP contribution in [0, 0.1) is 0 Å². The zero-order valence-electron chi connectivity index (χ0n) is 10.1. The summed E-state index contributed by atoms with van der Waals surface area (Å²) in [5, 5.41) is 0. The summed E-state index contributed by atoms with van der Waals surface area (Å²) >= 11 is 3.44. The molecule has 0 saturated heterocycles. The highest BCUT2D eigenvalue weighted by atomic mass is 79.9. The number of benzene rings is 1. The third-order valence-corrected chi connectivity index (χ3v) is 3.53. The number of nitrogens with two attached hydrogens (primary N) is 1. The Morgan fingerprint density at radius 3 is 2.50 bits per heavy atom. The SMILES string of the molecule is CC(CCN)N(C)CCc1ccc(Br)cc1. The van der Waals surface area contributed by atoms with Gasteiger partial charge >= 0.3 is 0 Å². The second-order valence-electron chi connectivity index (χ2n) is 4.28. The minimum Gasteiger partial charge on any atom is -0.330 e. The van der Waals surface area contributed by atoms with Crippen LogP contribution in [0.3, 0.4) is 0 Å². The molecule has 0 saturated carbocycles. The van der Waals surface area contributed by atoms with Crippen molar-refractivity contribution in [3.05, 3.63) is 34.3 Å². The van der Waals surface area contributed by atoms with Gasteiger partial charge in [0.25, 0.3) is 0 Å². The number of hydrogen-bond acceptors (Lipinski definition) is 2. The highest BCUT2D eigenvalue weighted by Crippen LogP contribution is 2.11. The summed E-state index contributed by atoms with van der Waals surface area (Å²) in [6.07, 6.45) is 2.16. The van der Waals surface area contributed by atoms with E-state index in [0.717, 1.165) is 30.4 Å². The molecule has 0 bridgehead atoms. The molecular weight excluding hydrogens is 264 g/mol. The van der Waals surface area contributed by atoms with Gasteiger partial charge in [-0.15, -0.1) is 0 Å². The molecule has 2 N–H and O–H groups in total. The highest BCUT2D eigenvalue weighted by Gasteiger charge is 2.07. The van der Waals surface area contributed by atoms with Gasteiger partial charge in [0.1, 0.15) is 0 Å². The summed E-state index contributed by atoms with van der Waals surface area (Å²) < 4.78 is 1.14. The molecule has 0 radical (unpaired) electrons. The van der Waals surface area contributed by atoms with Crippen molar-refractivity contribution in [3.63, 3.8) is 0 Å². The molecule has 0 amide bonds. The Balaban J connectivity index is 2.36. The second-order valence-corrected chi connectivity index (χ2v) is 5.20. The highest BCUT2D eigenvalue weighted by molar-refractivity contribution is 9.10. The molecule has 0 fully saturated rings. The third-order valence-electron chi connectivity index (χ3n) is 3.00. The van der Waals surface area contributed by atoms with E-state index in [2.05, 4.69) is 59.1 Å². The predicted octanol–water partition coefficient (Wildman–Crippen LogP) is 2.66. The molecule has 16 heavy (non-hydrogen) atoms.